The molecular formula is C24H21FN2O2S. The molecule has 0 aliphatic carbocycles. The zero-order valence-electron chi connectivity index (χ0n) is 16.5. The van der Waals surface area contributed by atoms with Crippen LogP contribution in [-0.2, 0) is 17.0 Å². The Morgan fingerprint density at radius 1 is 1.07 bits per heavy atom. The Kier molecular flexibility index (Phi) is 6.14. The van der Waals surface area contributed by atoms with Crippen molar-refractivity contribution in [2.75, 3.05) is 6.61 Å². The molecule has 4 aromatic rings. The second kappa shape index (κ2) is 9.13. The van der Waals surface area contributed by atoms with Crippen molar-refractivity contribution in [1.82, 2.24) is 9.55 Å². The number of carbonyl (C=O) groups excluding carboxylic acids is 1. The summed E-state index contributed by atoms with van der Waals surface area (Å²) in [6.07, 6.45) is 0. The van der Waals surface area contributed by atoms with Gasteiger partial charge in [0, 0.05) is 5.75 Å². The SMILES string of the molecule is CCOC(=O)c1ccc2c(c1)nc(SCc1ccccc1F)n2Cc1ccccc1. The molecule has 0 aliphatic heterocycles. The van der Waals surface area contributed by atoms with Gasteiger partial charge < -0.3 is 9.30 Å². The maximum absolute atomic E-state index is 14.1. The quantitative estimate of drug-likeness (QED) is 0.284. The zero-order valence-corrected chi connectivity index (χ0v) is 17.4. The number of benzene rings is 3. The maximum atomic E-state index is 14.1. The molecule has 0 bridgehead atoms. The molecule has 0 aliphatic rings. The summed E-state index contributed by atoms with van der Waals surface area (Å²) in [5, 5.41) is 0.776. The van der Waals surface area contributed by atoms with E-state index in [1.165, 1.54) is 17.8 Å². The van der Waals surface area contributed by atoms with Crippen LogP contribution in [0.3, 0.4) is 0 Å². The number of aromatic nitrogens is 2. The minimum Gasteiger partial charge on any atom is -0.462 e. The summed E-state index contributed by atoms with van der Waals surface area (Å²) in [6, 6.07) is 22.3. The Morgan fingerprint density at radius 3 is 2.60 bits per heavy atom. The fourth-order valence-electron chi connectivity index (χ4n) is 3.24. The number of halogens is 1. The van der Waals surface area contributed by atoms with Gasteiger partial charge in [-0.05, 0) is 42.3 Å². The Hall–Kier alpha value is -3.12. The molecule has 152 valence electrons. The van der Waals surface area contributed by atoms with Gasteiger partial charge in [-0.1, -0.05) is 60.3 Å². The van der Waals surface area contributed by atoms with E-state index in [-0.39, 0.29) is 11.8 Å². The number of thioether (sulfide) groups is 1. The van der Waals surface area contributed by atoms with Gasteiger partial charge in [-0.2, -0.15) is 0 Å². The number of rotatable bonds is 7. The van der Waals surface area contributed by atoms with E-state index < -0.39 is 0 Å². The van der Waals surface area contributed by atoms with Gasteiger partial charge in [0.2, 0.25) is 0 Å². The molecule has 4 nitrogen and oxygen atoms in total. The summed E-state index contributed by atoms with van der Waals surface area (Å²) < 4.78 is 21.3. The first-order chi connectivity index (χ1) is 14.7. The summed E-state index contributed by atoms with van der Waals surface area (Å²) in [7, 11) is 0. The second-order valence-corrected chi connectivity index (χ2v) is 7.71. The topological polar surface area (TPSA) is 44.1 Å². The second-order valence-electron chi connectivity index (χ2n) is 6.77. The third-order valence-corrected chi connectivity index (χ3v) is 5.75. The molecule has 0 unspecified atom stereocenters. The molecule has 0 saturated heterocycles. The van der Waals surface area contributed by atoms with Crippen molar-refractivity contribution in [3.63, 3.8) is 0 Å². The average molecular weight is 421 g/mol. The van der Waals surface area contributed by atoms with Crippen LogP contribution in [0.5, 0.6) is 0 Å². The van der Waals surface area contributed by atoms with Gasteiger partial charge in [0.1, 0.15) is 5.82 Å². The summed E-state index contributed by atoms with van der Waals surface area (Å²) in [4.78, 5) is 16.9. The largest absolute Gasteiger partial charge is 0.462 e. The average Bonchev–Trinajstić information content (AvgIpc) is 3.10. The lowest BCUT2D eigenvalue weighted by Gasteiger charge is -2.10. The van der Waals surface area contributed by atoms with Crippen LogP contribution >= 0.6 is 11.8 Å². The Balaban J connectivity index is 1.71. The highest BCUT2D eigenvalue weighted by atomic mass is 32.2. The molecular weight excluding hydrogens is 399 g/mol. The number of carbonyl (C=O) groups is 1. The minimum atomic E-state index is -0.363. The lowest BCUT2D eigenvalue weighted by atomic mass is 10.2. The third kappa shape index (κ3) is 4.39. The lowest BCUT2D eigenvalue weighted by Crippen LogP contribution is -2.04. The van der Waals surface area contributed by atoms with Crippen LogP contribution < -0.4 is 0 Å². The number of imidazole rings is 1. The van der Waals surface area contributed by atoms with Crippen molar-refractivity contribution in [3.05, 3.63) is 95.3 Å². The van der Waals surface area contributed by atoms with Gasteiger partial charge >= 0.3 is 5.97 Å². The van der Waals surface area contributed by atoms with Gasteiger partial charge in [0.25, 0.3) is 0 Å². The fraction of sp³-hybridized carbons (Fsp3) is 0.167. The van der Waals surface area contributed by atoms with E-state index in [1.54, 1.807) is 31.2 Å². The standard InChI is InChI=1S/C24H21FN2O2S/c1-2-29-23(28)18-12-13-22-21(14-18)26-24(27(22)15-17-8-4-3-5-9-17)30-16-19-10-6-7-11-20(19)25/h3-14H,2,15-16H2,1H3. The molecule has 1 aromatic heterocycles. The van der Waals surface area contributed by atoms with Gasteiger partial charge in [-0.3, -0.25) is 0 Å². The minimum absolute atomic E-state index is 0.222. The van der Waals surface area contributed by atoms with Crippen LogP contribution in [-0.4, -0.2) is 22.1 Å². The summed E-state index contributed by atoms with van der Waals surface area (Å²) in [6.45, 7) is 2.74. The predicted molar refractivity (Wildman–Crippen MR) is 117 cm³/mol. The van der Waals surface area contributed by atoms with Crippen LogP contribution in [0.15, 0.2) is 78.0 Å². The molecule has 0 saturated carbocycles. The normalized spacial score (nSPS) is 11.0. The number of esters is 1. The van der Waals surface area contributed by atoms with Crippen LogP contribution in [0.2, 0.25) is 0 Å². The number of ether oxygens (including phenoxy) is 1. The maximum Gasteiger partial charge on any atom is 0.338 e. The van der Waals surface area contributed by atoms with Crippen molar-refractivity contribution >= 4 is 28.8 Å². The highest BCUT2D eigenvalue weighted by Gasteiger charge is 2.16. The van der Waals surface area contributed by atoms with Gasteiger partial charge in [-0.25, -0.2) is 14.2 Å². The number of hydrogen-bond acceptors (Lipinski definition) is 4. The van der Waals surface area contributed by atoms with Crippen LogP contribution in [0.1, 0.15) is 28.4 Å². The van der Waals surface area contributed by atoms with E-state index in [0.717, 1.165) is 16.2 Å². The molecule has 0 atom stereocenters. The fourth-order valence-corrected chi connectivity index (χ4v) is 4.24. The van der Waals surface area contributed by atoms with Crippen molar-refractivity contribution < 1.29 is 13.9 Å². The van der Waals surface area contributed by atoms with E-state index in [0.29, 0.717) is 35.5 Å². The highest BCUT2D eigenvalue weighted by molar-refractivity contribution is 7.98. The molecule has 0 amide bonds. The Labute approximate surface area is 178 Å². The van der Waals surface area contributed by atoms with E-state index in [2.05, 4.69) is 16.7 Å². The summed E-state index contributed by atoms with van der Waals surface area (Å²) in [5.41, 5.74) is 3.88. The molecule has 0 N–H and O–H groups in total. The van der Waals surface area contributed by atoms with Crippen LogP contribution in [0.25, 0.3) is 11.0 Å². The van der Waals surface area contributed by atoms with Gasteiger partial charge in [-0.15, -0.1) is 0 Å². The number of fused-ring (bicyclic) bond motifs is 1. The van der Waals surface area contributed by atoms with E-state index in [9.17, 15) is 9.18 Å². The first kappa shape index (κ1) is 20.2. The van der Waals surface area contributed by atoms with E-state index >= 15 is 0 Å². The van der Waals surface area contributed by atoms with E-state index in [4.69, 9.17) is 9.72 Å². The van der Waals surface area contributed by atoms with Gasteiger partial charge in [0.05, 0.1) is 29.7 Å². The lowest BCUT2D eigenvalue weighted by molar-refractivity contribution is 0.0526. The molecule has 4 rings (SSSR count). The molecule has 30 heavy (non-hydrogen) atoms. The number of hydrogen-bond donors (Lipinski definition) is 0. The molecule has 3 aromatic carbocycles. The summed E-state index contributed by atoms with van der Waals surface area (Å²) in [5.74, 6) is -0.118. The predicted octanol–water partition coefficient (Wildman–Crippen LogP) is 5.69. The molecule has 0 fully saturated rings. The van der Waals surface area contributed by atoms with E-state index in [1.807, 2.05) is 30.3 Å². The van der Waals surface area contributed by atoms with Crippen LogP contribution in [0, 0.1) is 5.82 Å². The molecule has 6 heteroatoms. The molecule has 0 radical (unpaired) electrons. The monoisotopic (exact) mass is 420 g/mol. The van der Waals surface area contributed by atoms with Gasteiger partial charge in [0.15, 0.2) is 5.16 Å². The summed E-state index contributed by atoms with van der Waals surface area (Å²) >= 11 is 1.48. The highest BCUT2D eigenvalue weighted by Crippen LogP contribution is 2.29. The third-order valence-electron chi connectivity index (χ3n) is 4.72. The Morgan fingerprint density at radius 2 is 1.83 bits per heavy atom. The smallest absolute Gasteiger partial charge is 0.338 e. The first-order valence-corrected chi connectivity index (χ1v) is 10.7. The first-order valence-electron chi connectivity index (χ1n) is 9.73. The van der Waals surface area contributed by atoms with Crippen LogP contribution in [0.4, 0.5) is 4.39 Å². The van der Waals surface area contributed by atoms with Crippen molar-refractivity contribution in [2.45, 2.75) is 24.4 Å². The van der Waals surface area contributed by atoms with Crippen molar-refractivity contribution in [3.8, 4) is 0 Å². The number of nitrogens with zero attached hydrogens (tertiary/aromatic N) is 2. The molecule has 0 spiro atoms. The molecule has 1 heterocycles. The Bertz CT molecular complexity index is 1170. The van der Waals surface area contributed by atoms with Crippen molar-refractivity contribution in [1.29, 1.82) is 0 Å². The van der Waals surface area contributed by atoms with Crippen molar-refractivity contribution in [2.24, 2.45) is 0 Å². The zero-order chi connectivity index (χ0) is 20.9.